The molecule has 5 N–H and O–H groups in total. The first-order valence-electron chi connectivity index (χ1n) is 0.600. The zero-order valence-corrected chi connectivity index (χ0v) is 5.27. The van der Waals surface area contributed by atoms with Crippen LogP contribution in [0.15, 0.2) is 0 Å². The van der Waals surface area contributed by atoms with Crippen molar-refractivity contribution < 1.29 is 39.6 Å². The van der Waals surface area contributed by atoms with Crippen LogP contribution in [0.2, 0.25) is 0 Å². The molecule has 0 aliphatic rings. The van der Waals surface area contributed by atoms with E-state index in [1.165, 1.54) is 0 Å². The monoisotopic (exact) mass is 202 g/mol. The molecule has 0 radical (unpaired) electrons. The van der Waals surface area contributed by atoms with E-state index in [1.807, 2.05) is 0 Å². The van der Waals surface area contributed by atoms with E-state index in [0.717, 1.165) is 0 Å². The topological polar surface area (TPSA) is 92.2 Å². The first kappa shape index (κ1) is 15.8. The molecule has 0 heterocycles. The van der Waals surface area contributed by atoms with Crippen LogP contribution in [0.25, 0.3) is 0 Å². The molecule has 0 aromatic heterocycles. The van der Waals surface area contributed by atoms with E-state index in [-0.39, 0.29) is 25.0 Å². The van der Waals surface area contributed by atoms with Crippen molar-refractivity contribution in [2.45, 2.75) is 0 Å². The fraction of sp³-hybridized carbons (Fsp3) is 0. The van der Waals surface area contributed by atoms with Gasteiger partial charge < -0.3 is 20.2 Å². The second-order valence-electron chi connectivity index (χ2n) is 0.268. The normalized spacial score (nSPS) is 6.00. The van der Waals surface area contributed by atoms with Gasteiger partial charge in [0.1, 0.15) is 0 Å². The summed E-state index contributed by atoms with van der Waals surface area (Å²) in [6.45, 7) is 0. The average molecular weight is 201 g/mol. The zero-order valence-electron chi connectivity index (χ0n) is 2.64. The molecule has 0 aliphatic carbocycles. The number of hydrogen-bond donors (Lipinski definition) is 3. The smallest absolute Gasteiger partial charge is 0.324 e. The number of rotatable bonds is 0. The van der Waals surface area contributed by atoms with E-state index in [2.05, 4.69) is 0 Å². The fourth-order valence-electron chi connectivity index (χ4n) is 0. The Bertz CT molecular complexity index is 12.3. The Balaban J connectivity index is -0.0000000450. The fourth-order valence-corrected chi connectivity index (χ4v) is 0. The molecule has 0 atom stereocenters. The summed E-state index contributed by atoms with van der Waals surface area (Å²) in [5.74, 6) is 0. The molecule has 0 spiro atoms. The van der Waals surface area contributed by atoms with Crippen LogP contribution in [-0.2, 0) is 19.5 Å². The molecule has 4 nitrogen and oxygen atoms in total. The molecule has 0 aromatic carbocycles. The maximum Gasteiger partial charge on any atom is 0.324 e. The summed E-state index contributed by atoms with van der Waals surface area (Å²) in [5, 5.41) is 0. The number of hydrogen-bond acceptors (Lipinski definition) is 3. The summed E-state index contributed by atoms with van der Waals surface area (Å²) in [7, 11) is -2.62. The van der Waals surface area contributed by atoms with Crippen molar-refractivity contribution in [2.75, 3.05) is 0 Å². The molecular weight excluding hydrogens is 196 g/mol. The average Bonchev–Trinajstić information content (AvgIpc) is 0.811. The Labute approximate surface area is 48.9 Å². The van der Waals surface area contributed by atoms with Gasteiger partial charge in [0.15, 0.2) is 0 Å². The first-order chi connectivity index (χ1) is 1.73. The van der Waals surface area contributed by atoms with Gasteiger partial charge in [-0.1, -0.05) is 0 Å². The molecule has 0 bridgehead atoms. The van der Waals surface area contributed by atoms with Crippen molar-refractivity contribution in [1.29, 1.82) is 0 Å². The third kappa shape index (κ3) is 92.9. The van der Waals surface area contributed by atoms with Crippen molar-refractivity contribution in [2.24, 2.45) is 0 Å². The Morgan fingerprint density at radius 3 is 1.00 bits per heavy atom. The third-order valence-corrected chi connectivity index (χ3v) is 0. The summed E-state index contributed by atoms with van der Waals surface area (Å²) in [4.78, 5) is 21.7. The molecule has 0 fully saturated rings. The van der Waals surface area contributed by atoms with E-state index in [0.29, 0.717) is 0 Å². The summed E-state index contributed by atoms with van der Waals surface area (Å²) >= 11 is 0. The minimum Gasteiger partial charge on any atom is -0.412 e. The van der Waals surface area contributed by atoms with Crippen LogP contribution in [0.4, 0.5) is 0 Å². The van der Waals surface area contributed by atoms with E-state index >= 15 is 0 Å². The van der Waals surface area contributed by atoms with Gasteiger partial charge in [-0.05, 0) is 0 Å². The Hall–Kier alpha value is 0.893. The van der Waals surface area contributed by atoms with Crippen LogP contribution >= 0.6 is 8.60 Å². The van der Waals surface area contributed by atoms with E-state index in [4.69, 9.17) is 14.7 Å². The first-order valence-corrected chi connectivity index (χ1v) is 1.80. The molecule has 42 valence electrons. The van der Waals surface area contributed by atoms with Crippen molar-refractivity contribution in [3.63, 3.8) is 0 Å². The van der Waals surface area contributed by atoms with Gasteiger partial charge in [0.25, 0.3) is 0 Å². The molecule has 0 saturated heterocycles. The molecule has 0 aliphatic heterocycles. The van der Waals surface area contributed by atoms with E-state index in [1.54, 1.807) is 0 Å². The van der Waals surface area contributed by atoms with Gasteiger partial charge in [0.2, 0.25) is 0 Å². The van der Waals surface area contributed by atoms with Crippen LogP contribution in [0.1, 0.15) is 0 Å². The summed E-state index contributed by atoms with van der Waals surface area (Å²) in [6.07, 6.45) is 0. The molecule has 6 heteroatoms. The maximum atomic E-state index is 7.23. The molecule has 0 unspecified atom stereocenters. The third-order valence-electron chi connectivity index (χ3n) is 0. The predicted octanol–water partition coefficient (Wildman–Crippen LogP) is -1.64. The standard InChI is InChI=1S/H3O3P.H2O.Ru/c1-4(2)3;;/h1-3H;1H2;. The van der Waals surface area contributed by atoms with Gasteiger partial charge >= 0.3 is 8.60 Å². The SMILES string of the molecule is O.OP(O)O.[Ru]. The largest absolute Gasteiger partial charge is 0.412 e. The zero-order chi connectivity index (χ0) is 3.58. The Morgan fingerprint density at radius 2 is 1.00 bits per heavy atom. The van der Waals surface area contributed by atoms with Crippen LogP contribution in [0.3, 0.4) is 0 Å². The summed E-state index contributed by atoms with van der Waals surface area (Å²) in [6, 6.07) is 0. The van der Waals surface area contributed by atoms with Crippen molar-refractivity contribution in [3.8, 4) is 0 Å². The second-order valence-corrected chi connectivity index (χ2v) is 0.805. The predicted molar refractivity (Wildman–Crippen MR) is 17.2 cm³/mol. The minimum absolute atomic E-state index is 0. The van der Waals surface area contributed by atoms with Crippen molar-refractivity contribution in [3.05, 3.63) is 0 Å². The van der Waals surface area contributed by atoms with E-state index < -0.39 is 8.60 Å². The van der Waals surface area contributed by atoms with Gasteiger partial charge in [0.05, 0.1) is 0 Å². The molecular formula is H5O4PRu. The van der Waals surface area contributed by atoms with Crippen LogP contribution in [-0.4, -0.2) is 20.2 Å². The second kappa shape index (κ2) is 9.31. The van der Waals surface area contributed by atoms with Gasteiger partial charge in [-0.15, -0.1) is 0 Å². The quantitative estimate of drug-likeness (QED) is 0.324. The molecule has 0 aromatic rings. The van der Waals surface area contributed by atoms with Gasteiger partial charge in [-0.2, -0.15) is 0 Å². The van der Waals surface area contributed by atoms with Crippen LogP contribution in [0.5, 0.6) is 0 Å². The minimum atomic E-state index is -2.62. The van der Waals surface area contributed by atoms with Crippen molar-refractivity contribution in [1.82, 2.24) is 0 Å². The Morgan fingerprint density at radius 1 is 1.00 bits per heavy atom. The van der Waals surface area contributed by atoms with Crippen LogP contribution < -0.4 is 0 Å². The summed E-state index contributed by atoms with van der Waals surface area (Å²) in [5.41, 5.74) is 0. The maximum absolute atomic E-state index is 7.23. The van der Waals surface area contributed by atoms with E-state index in [9.17, 15) is 0 Å². The molecule has 0 saturated carbocycles. The van der Waals surface area contributed by atoms with Gasteiger partial charge in [-0.3, -0.25) is 0 Å². The molecule has 6 heavy (non-hydrogen) atoms. The van der Waals surface area contributed by atoms with Gasteiger partial charge in [-0.25, -0.2) is 0 Å². The van der Waals surface area contributed by atoms with Crippen molar-refractivity contribution >= 4 is 8.60 Å². The Kier molecular flexibility index (Phi) is 24.5. The summed E-state index contributed by atoms with van der Waals surface area (Å²) < 4.78 is 0. The van der Waals surface area contributed by atoms with Crippen LogP contribution in [0, 0.1) is 0 Å². The molecule has 0 rings (SSSR count). The van der Waals surface area contributed by atoms with Gasteiger partial charge in [0, 0.05) is 19.5 Å². The molecule has 0 amide bonds.